The fourth-order valence-electron chi connectivity index (χ4n) is 3.49. The van der Waals surface area contributed by atoms with Crippen LogP contribution in [0.15, 0.2) is 78.9 Å². The second-order valence-corrected chi connectivity index (χ2v) is 8.17. The Bertz CT molecular complexity index is 1040. The van der Waals surface area contributed by atoms with Crippen molar-refractivity contribution >= 4 is 5.97 Å². The molecule has 0 atom stereocenters. The quantitative estimate of drug-likeness (QED) is 0.425. The zero-order valence-corrected chi connectivity index (χ0v) is 19.0. The predicted octanol–water partition coefficient (Wildman–Crippen LogP) is 4.94. The van der Waals surface area contributed by atoms with Gasteiger partial charge in [-0.1, -0.05) is 30.3 Å². The van der Waals surface area contributed by atoms with Gasteiger partial charge in [0.2, 0.25) is 0 Å². The van der Waals surface area contributed by atoms with E-state index in [1.807, 2.05) is 78.9 Å². The van der Waals surface area contributed by atoms with Crippen molar-refractivity contribution in [2.75, 3.05) is 26.4 Å². The van der Waals surface area contributed by atoms with Crippen LogP contribution in [0.5, 0.6) is 23.0 Å². The Morgan fingerprint density at radius 2 is 1.32 bits per heavy atom. The van der Waals surface area contributed by atoms with Crippen LogP contribution in [-0.2, 0) is 20.7 Å². The first-order valence-corrected chi connectivity index (χ1v) is 11.2. The van der Waals surface area contributed by atoms with Crippen LogP contribution in [0, 0.1) is 5.92 Å². The number of aliphatic carboxylic acids is 1. The number of para-hydroxylation sites is 1. The van der Waals surface area contributed by atoms with Crippen LogP contribution in [0.2, 0.25) is 0 Å². The summed E-state index contributed by atoms with van der Waals surface area (Å²) in [5.74, 6) is 0.495. The Balaban J connectivity index is 1.15. The number of rotatable bonds is 10. The number of carboxylic acid groups (broad SMARTS) is 1. The Labute approximate surface area is 198 Å². The summed E-state index contributed by atoms with van der Waals surface area (Å²) >= 11 is 0. The molecule has 3 aromatic rings. The van der Waals surface area contributed by atoms with E-state index >= 15 is 0 Å². The molecule has 0 aromatic heterocycles. The molecule has 178 valence electrons. The molecule has 1 aliphatic rings. The van der Waals surface area contributed by atoms with Gasteiger partial charge < -0.3 is 28.8 Å². The van der Waals surface area contributed by atoms with E-state index in [0.29, 0.717) is 26.4 Å². The van der Waals surface area contributed by atoms with Gasteiger partial charge in [0.25, 0.3) is 5.79 Å². The van der Waals surface area contributed by atoms with Crippen molar-refractivity contribution in [3.8, 4) is 23.0 Å². The van der Waals surface area contributed by atoms with Gasteiger partial charge >= 0.3 is 5.97 Å². The maximum Gasteiger partial charge on any atom is 0.364 e. The minimum Gasteiger partial charge on any atom is -0.490 e. The molecule has 0 radical (unpaired) electrons. The van der Waals surface area contributed by atoms with Gasteiger partial charge in [0.15, 0.2) is 0 Å². The summed E-state index contributed by atoms with van der Waals surface area (Å²) in [7, 11) is 0. The van der Waals surface area contributed by atoms with Crippen LogP contribution < -0.4 is 14.2 Å². The molecule has 1 N–H and O–H groups in total. The molecule has 0 unspecified atom stereocenters. The van der Waals surface area contributed by atoms with Crippen LogP contribution in [0.3, 0.4) is 0 Å². The third kappa shape index (κ3) is 6.50. The highest BCUT2D eigenvalue weighted by molar-refractivity contribution is 5.75. The summed E-state index contributed by atoms with van der Waals surface area (Å²) in [6, 6.07) is 24.9. The van der Waals surface area contributed by atoms with E-state index in [9.17, 15) is 4.79 Å². The zero-order chi connectivity index (χ0) is 23.8. The van der Waals surface area contributed by atoms with Gasteiger partial charge in [0, 0.05) is 12.8 Å². The molecule has 1 saturated heterocycles. The van der Waals surface area contributed by atoms with Gasteiger partial charge in [-0.2, -0.15) is 0 Å². The number of ether oxygens (including phenoxy) is 5. The fourth-order valence-corrected chi connectivity index (χ4v) is 3.49. The Morgan fingerprint density at radius 3 is 1.88 bits per heavy atom. The molecule has 0 amide bonds. The molecular weight excluding hydrogens is 436 g/mol. The van der Waals surface area contributed by atoms with Crippen molar-refractivity contribution in [3.63, 3.8) is 0 Å². The lowest BCUT2D eigenvalue weighted by Gasteiger charge is -2.34. The summed E-state index contributed by atoms with van der Waals surface area (Å²) in [4.78, 5) is 11.2. The molecule has 1 fully saturated rings. The third-order valence-corrected chi connectivity index (χ3v) is 5.45. The average Bonchev–Trinajstić information content (AvgIpc) is 2.86. The summed E-state index contributed by atoms with van der Waals surface area (Å²) in [5, 5.41) is 9.14. The molecule has 0 bridgehead atoms. The van der Waals surface area contributed by atoms with E-state index in [0.717, 1.165) is 35.0 Å². The summed E-state index contributed by atoms with van der Waals surface area (Å²) in [6.45, 7) is 2.95. The monoisotopic (exact) mass is 464 g/mol. The Morgan fingerprint density at radius 1 is 0.824 bits per heavy atom. The van der Waals surface area contributed by atoms with Gasteiger partial charge in [-0.3, -0.25) is 0 Å². The van der Waals surface area contributed by atoms with Crippen LogP contribution in [0.25, 0.3) is 0 Å². The van der Waals surface area contributed by atoms with E-state index in [-0.39, 0.29) is 5.92 Å². The van der Waals surface area contributed by atoms with E-state index in [4.69, 9.17) is 28.8 Å². The predicted molar refractivity (Wildman–Crippen MR) is 126 cm³/mol. The average molecular weight is 465 g/mol. The smallest absolute Gasteiger partial charge is 0.364 e. The number of hydrogen-bond donors (Lipinski definition) is 1. The van der Waals surface area contributed by atoms with Crippen molar-refractivity contribution < 1.29 is 33.6 Å². The van der Waals surface area contributed by atoms with Gasteiger partial charge in [-0.15, -0.1) is 0 Å². The molecule has 4 rings (SSSR count). The van der Waals surface area contributed by atoms with Crippen molar-refractivity contribution in [1.29, 1.82) is 0 Å². The highest BCUT2D eigenvalue weighted by Gasteiger charge is 2.40. The van der Waals surface area contributed by atoms with Crippen molar-refractivity contribution in [2.45, 2.75) is 19.1 Å². The van der Waals surface area contributed by atoms with E-state index in [1.54, 1.807) is 0 Å². The topological polar surface area (TPSA) is 83.5 Å². The molecule has 1 heterocycles. The minimum atomic E-state index is -1.55. The van der Waals surface area contributed by atoms with Crippen molar-refractivity contribution in [2.24, 2.45) is 5.92 Å². The maximum absolute atomic E-state index is 11.2. The third-order valence-electron chi connectivity index (χ3n) is 5.45. The SMILES string of the molecule is C[C@]1(C(=O)O)OC[C@@H](Cc2ccc(OCCOc3ccc(Oc4ccccc4)cc3)cc2)CO1. The summed E-state index contributed by atoms with van der Waals surface area (Å²) < 4.78 is 28.1. The fraction of sp³-hybridized carbons (Fsp3) is 0.296. The van der Waals surface area contributed by atoms with Gasteiger partial charge in [-0.05, 0) is 60.5 Å². The number of benzene rings is 3. The summed E-state index contributed by atoms with van der Waals surface area (Å²) in [6.07, 6.45) is 0.739. The Hall–Kier alpha value is -3.55. The molecular formula is C27H28O7. The van der Waals surface area contributed by atoms with E-state index < -0.39 is 11.8 Å². The number of hydrogen-bond acceptors (Lipinski definition) is 6. The highest BCUT2D eigenvalue weighted by Crippen LogP contribution is 2.25. The van der Waals surface area contributed by atoms with E-state index in [1.165, 1.54) is 6.92 Å². The second-order valence-electron chi connectivity index (χ2n) is 8.17. The van der Waals surface area contributed by atoms with Gasteiger partial charge in [0.1, 0.15) is 36.2 Å². The lowest BCUT2D eigenvalue weighted by Crippen LogP contribution is -2.48. The second kappa shape index (κ2) is 11.0. The Kier molecular flexibility index (Phi) is 7.67. The lowest BCUT2D eigenvalue weighted by atomic mass is 9.99. The molecule has 0 spiro atoms. The first-order valence-electron chi connectivity index (χ1n) is 11.2. The van der Waals surface area contributed by atoms with Crippen molar-refractivity contribution in [3.05, 3.63) is 84.4 Å². The molecule has 3 aromatic carbocycles. The normalized spacial score (nSPS) is 19.9. The first kappa shape index (κ1) is 23.6. The first-order chi connectivity index (χ1) is 16.5. The maximum atomic E-state index is 11.2. The molecule has 1 aliphatic heterocycles. The number of carboxylic acids is 1. The minimum absolute atomic E-state index is 0.108. The lowest BCUT2D eigenvalue weighted by molar-refractivity contribution is -0.270. The van der Waals surface area contributed by atoms with Gasteiger partial charge in [-0.25, -0.2) is 4.79 Å². The van der Waals surface area contributed by atoms with Crippen molar-refractivity contribution in [1.82, 2.24) is 0 Å². The van der Waals surface area contributed by atoms with Gasteiger partial charge in [0.05, 0.1) is 13.2 Å². The van der Waals surface area contributed by atoms with E-state index in [2.05, 4.69) is 0 Å². The molecule has 0 saturated carbocycles. The zero-order valence-electron chi connectivity index (χ0n) is 19.0. The van der Waals surface area contributed by atoms with Crippen LogP contribution in [0.4, 0.5) is 0 Å². The van der Waals surface area contributed by atoms with Crippen LogP contribution in [0.1, 0.15) is 12.5 Å². The van der Waals surface area contributed by atoms with Crippen LogP contribution in [-0.4, -0.2) is 43.3 Å². The highest BCUT2D eigenvalue weighted by atomic mass is 16.7. The largest absolute Gasteiger partial charge is 0.490 e. The molecule has 0 aliphatic carbocycles. The molecule has 7 heteroatoms. The molecule has 7 nitrogen and oxygen atoms in total. The van der Waals surface area contributed by atoms with Crippen LogP contribution >= 0.6 is 0 Å². The molecule has 34 heavy (non-hydrogen) atoms. The number of carbonyl (C=O) groups is 1. The summed E-state index contributed by atoms with van der Waals surface area (Å²) in [5.41, 5.74) is 1.11. The standard InChI is InChI=1S/C27H28O7/c1-27(26(28)29)32-18-21(19-33-27)17-20-7-9-22(10-8-20)30-15-16-31-23-11-13-25(14-12-23)34-24-5-3-2-4-6-24/h2-14,21H,15-19H2,1H3,(H,28,29)/t21-,27+.